The van der Waals surface area contributed by atoms with Gasteiger partial charge in [0.1, 0.15) is 11.4 Å². The second kappa shape index (κ2) is 7.11. The minimum Gasteiger partial charge on any atom is -0.496 e. The van der Waals surface area contributed by atoms with E-state index in [1.807, 2.05) is 45.0 Å². The van der Waals surface area contributed by atoms with E-state index in [1.54, 1.807) is 19.4 Å². The monoisotopic (exact) mass is 356 g/mol. The van der Waals surface area contributed by atoms with Crippen molar-refractivity contribution < 1.29 is 13.9 Å². The lowest BCUT2D eigenvalue weighted by atomic mass is 10.0. The summed E-state index contributed by atoms with van der Waals surface area (Å²) in [5.41, 5.74) is 2.48. The molecule has 0 saturated carbocycles. The minimum atomic E-state index is -0.206. The Morgan fingerprint density at radius 3 is 2.80 bits per heavy atom. The van der Waals surface area contributed by atoms with Crippen LogP contribution in [-0.2, 0) is 0 Å². The number of nitrogens with zero attached hydrogens (tertiary/aromatic N) is 1. The number of ether oxygens (including phenoxy) is 1. The quantitative estimate of drug-likeness (QED) is 0.730. The molecule has 0 aliphatic carbocycles. The van der Waals surface area contributed by atoms with Crippen LogP contribution in [0.5, 0.6) is 5.75 Å². The first-order valence-electron chi connectivity index (χ1n) is 7.96. The van der Waals surface area contributed by atoms with Crippen LogP contribution in [0.25, 0.3) is 10.8 Å². The molecule has 1 amide bonds. The second-order valence-electron chi connectivity index (χ2n) is 5.84. The molecule has 3 rings (SSSR count). The van der Waals surface area contributed by atoms with E-state index < -0.39 is 0 Å². The van der Waals surface area contributed by atoms with Gasteiger partial charge in [0.25, 0.3) is 5.91 Å². The number of thiazole rings is 1. The van der Waals surface area contributed by atoms with Crippen molar-refractivity contribution in [3.05, 3.63) is 58.3 Å². The number of furan rings is 1. The van der Waals surface area contributed by atoms with Crippen LogP contribution in [0.3, 0.4) is 0 Å². The van der Waals surface area contributed by atoms with Crippen LogP contribution in [0.15, 0.2) is 41.0 Å². The molecule has 2 heterocycles. The molecule has 0 aliphatic rings. The molecule has 25 heavy (non-hydrogen) atoms. The van der Waals surface area contributed by atoms with Crippen molar-refractivity contribution in [2.75, 3.05) is 7.11 Å². The van der Waals surface area contributed by atoms with Gasteiger partial charge in [-0.2, -0.15) is 0 Å². The number of benzene rings is 1. The first-order valence-corrected chi connectivity index (χ1v) is 8.78. The van der Waals surface area contributed by atoms with Crippen LogP contribution >= 0.6 is 11.3 Å². The maximum absolute atomic E-state index is 12.7. The molecule has 0 saturated heterocycles. The number of hydrogen-bond donors (Lipinski definition) is 1. The van der Waals surface area contributed by atoms with Gasteiger partial charge in [-0.15, -0.1) is 11.3 Å². The van der Waals surface area contributed by atoms with E-state index in [2.05, 4.69) is 10.3 Å². The summed E-state index contributed by atoms with van der Waals surface area (Å²) in [6.07, 6.45) is 1.60. The van der Waals surface area contributed by atoms with Crippen molar-refractivity contribution in [3.8, 4) is 16.5 Å². The Labute approximate surface area is 150 Å². The normalized spacial score (nSPS) is 12.0. The van der Waals surface area contributed by atoms with E-state index in [9.17, 15) is 4.79 Å². The number of hydrogen-bond acceptors (Lipinski definition) is 5. The first kappa shape index (κ1) is 17.2. The lowest BCUT2D eigenvalue weighted by Gasteiger charge is -2.17. The summed E-state index contributed by atoms with van der Waals surface area (Å²) in [5.74, 6) is 1.22. The molecule has 5 nitrogen and oxygen atoms in total. The smallest absolute Gasteiger partial charge is 0.271 e. The van der Waals surface area contributed by atoms with Crippen LogP contribution in [0.2, 0.25) is 0 Å². The van der Waals surface area contributed by atoms with E-state index in [1.165, 1.54) is 11.3 Å². The third kappa shape index (κ3) is 3.58. The molecule has 0 unspecified atom stereocenters. The Kier molecular flexibility index (Phi) is 4.90. The molecular weight excluding hydrogens is 336 g/mol. The molecule has 3 aromatic rings. The molecular formula is C19H20N2O3S. The van der Waals surface area contributed by atoms with Crippen molar-refractivity contribution in [3.63, 3.8) is 0 Å². The maximum atomic E-state index is 12.7. The molecule has 6 heteroatoms. The van der Waals surface area contributed by atoms with Crippen molar-refractivity contribution in [1.29, 1.82) is 0 Å². The van der Waals surface area contributed by atoms with Crippen molar-refractivity contribution in [1.82, 2.24) is 10.3 Å². The summed E-state index contributed by atoms with van der Waals surface area (Å²) in [6, 6.07) is 9.35. The Hall–Kier alpha value is -2.60. The zero-order valence-electron chi connectivity index (χ0n) is 14.6. The average molecular weight is 356 g/mol. The van der Waals surface area contributed by atoms with Gasteiger partial charge in [-0.3, -0.25) is 4.79 Å². The lowest BCUT2D eigenvalue weighted by Crippen LogP contribution is -2.27. The highest BCUT2D eigenvalue weighted by Crippen LogP contribution is 2.29. The van der Waals surface area contributed by atoms with E-state index in [4.69, 9.17) is 9.15 Å². The third-order valence-corrected chi connectivity index (χ3v) is 4.93. The van der Waals surface area contributed by atoms with Gasteiger partial charge in [-0.05, 0) is 39.0 Å². The van der Waals surface area contributed by atoms with Gasteiger partial charge >= 0.3 is 0 Å². The molecule has 0 aliphatic heterocycles. The highest BCUT2D eigenvalue weighted by atomic mass is 32.1. The summed E-state index contributed by atoms with van der Waals surface area (Å²) in [6.45, 7) is 5.83. The molecule has 1 aromatic carbocycles. The molecule has 1 N–H and O–H groups in total. The second-order valence-corrected chi connectivity index (χ2v) is 7.04. The predicted molar refractivity (Wildman–Crippen MR) is 98.2 cm³/mol. The fourth-order valence-electron chi connectivity index (χ4n) is 2.65. The lowest BCUT2D eigenvalue weighted by molar-refractivity contribution is 0.0934. The summed E-state index contributed by atoms with van der Waals surface area (Å²) in [7, 11) is 1.63. The number of nitrogens with one attached hydrogen (secondary N) is 1. The van der Waals surface area contributed by atoms with Gasteiger partial charge in [0, 0.05) is 10.4 Å². The van der Waals surface area contributed by atoms with E-state index >= 15 is 0 Å². The van der Waals surface area contributed by atoms with Crippen molar-refractivity contribution in [2.24, 2.45) is 0 Å². The molecule has 0 bridgehead atoms. The van der Waals surface area contributed by atoms with Gasteiger partial charge in [-0.25, -0.2) is 4.98 Å². The van der Waals surface area contributed by atoms with Crippen LogP contribution in [0.4, 0.5) is 0 Å². The zero-order chi connectivity index (χ0) is 18.0. The van der Waals surface area contributed by atoms with E-state index in [0.717, 1.165) is 21.8 Å². The molecule has 2 aromatic heterocycles. The topological polar surface area (TPSA) is 64.4 Å². The van der Waals surface area contributed by atoms with Gasteiger partial charge in [-0.1, -0.05) is 17.7 Å². The number of carbonyl (C=O) groups excluding carboxylic acids is 1. The van der Waals surface area contributed by atoms with Gasteiger partial charge in [0.05, 0.1) is 19.4 Å². The Morgan fingerprint density at radius 2 is 2.12 bits per heavy atom. The minimum absolute atomic E-state index is 0.199. The Bertz CT molecular complexity index is 884. The fourth-order valence-corrected chi connectivity index (χ4v) is 3.53. The van der Waals surface area contributed by atoms with Gasteiger partial charge < -0.3 is 14.5 Å². The highest BCUT2D eigenvalue weighted by molar-refractivity contribution is 7.15. The van der Waals surface area contributed by atoms with Crippen LogP contribution in [-0.4, -0.2) is 18.0 Å². The maximum Gasteiger partial charge on any atom is 0.271 e. The third-order valence-electron chi connectivity index (χ3n) is 3.94. The number of methoxy groups -OCH3 is 1. The number of aryl methyl sites for hydroxylation is 2. The molecule has 1 atom stereocenters. The van der Waals surface area contributed by atoms with Gasteiger partial charge in [0.2, 0.25) is 0 Å². The average Bonchev–Trinajstić information content (AvgIpc) is 3.24. The molecule has 130 valence electrons. The number of carbonyl (C=O) groups is 1. The first-order chi connectivity index (χ1) is 12.0. The largest absolute Gasteiger partial charge is 0.496 e. The summed E-state index contributed by atoms with van der Waals surface area (Å²) in [4.78, 5) is 18.0. The number of amides is 1. The van der Waals surface area contributed by atoms with Gasteiger partial charge in [0.15, 0.2) is 10.8 Å². The zero-order valence-corrected chi connectivity index (χ0v) is 15.4. The predicted octanol–water partition coefficient (Wildman–Crippen LogP) is 4.52. The van der Waals surface area contributed by atoms with Crippen molar-refractivity contribution >= 4 is 17.2 Å². The van der Waals surface area contributed by atoms with E-state index in [0.29, 0.717) is 16.5 Å². The van der Waals surface area contributed by atoms with Crippen LogP contribution < -0.4 is 10.1 Å². The fraction of sp³-hybridized carbons (Fsp3) is 0.263. The van der Waals surface area contributed by atoms with Crippen LogP contribution in [0, 0.1) is 13.8 Å². The molecule has 0 fully saturated rings. The summed E-state index contributed by atoms with van der Waals surface area (Å²) in [5, 5.41) is 3.71. The molecule has 0 radical (unpaired) electrons. The standard InChI is InChI=1S/C19H20N2O3S/c1-11-7-8-15(23-4)14(10-11)12(2)20-18(22)17-13(3)25-19(21-17)16-6-5-9-24-16/h5-10,12H,1-4H3,(H,20,22)/t12-/m1/s1. The summed E-state index contributed by atoms with van der Waals surface area (Å²) >= 11 is 1.44. The van der Waals surface area contributed by atoms with Crippen molar-refractivity contribution in [2.45, 2.75) is 26.8 Å². The summed E-state index contributed by atoms with van der Waals surface area (Å²) < 4.78 is 10.8. The SMILES string of the molecule is COc1ccc(C)cc1[C@@H](C)NC(=O)c1nc(-c2ccco2)sc1C. The Morgan fingerprint density at radius 1 is 1.32 bits per heavy atom. The highest BCUT2D eigenvalue weighted by Gasteiger charge is 2.21. The number of aromatic nitrogens is 1. The van der Waals surface area contributed by atoms with Crippen LogP contribution in [0.1, 0.15) is 39.5 Å². The Balaban J connectivity index is 1.82. The van der Waals surface area contributed by atoms with E-state index in [-0.39, 0.29) is 11.9 Å². The number of rotatable bonds is 5. The molecule has 0 spiro atoms.